The zero-order valence-corrected chi connectivity index (χ0v) is 11.7. The van der Waals surface area contributed by atoms with Gasteiger partial charge in [0.2, 0.25) is 0 Å². The molecule has 2 aromatic rings. The number of aromatic nitrogens is 2. The molecule has 0 saturated heterocycles. The van der Waals surface area contributed by atoms with E-state index in [2.05, 4.69) is 4.98 Å². The van der Waals surface area contributed by atoms with Crippen molar-refractivity contribution in [3.05, 3.63) is 35.8 Å². The Bertz CT molecular complexity index is 616. The van der Waals surface area contributed by atoms with Gasteiger partial charge in [0.15, 0.2) is 0 Å². The third-order valence-electron chi connectivity index (χ3n) is 3.51. The second-order valence-electron chi connectivity index (χ2n) is 5.36. The fourth-order valence-electron chi connectivity index (χ4n) is 1.80. The van der Waals surface area contributed by atoms with Gasteiger partial charge in [-0.3, -0.25) is 4.79 Å². The first-order chi connectivity index (χ1) is 8.86. The van der Waals surface area contributed by atoms with Gasteiger partial charge in [0.25, 0.3) is 5.91 Å². The first kappa shape index (κ1) is 13.5. The molecule has 2 rings (SSSR count). The summed E-state index contributed by atoms with van der Waals surface area (Å²) in [5.41, 5.74) is 1.55. The number of carbonyl (C=O) groups excluding carboxylic acids is 1. The molecule has 0 aromatic carbocycles. The summed E-state index contributed by atoms with van der Waals surface area (Å²) < 4.78 is 1.88. The number of aliphatic hydroxyl groups is 1. The van der Waals surface area contributed by atoms with Crippen LogP contribution in [0.1, 0.15) is 30.0 Å². The minimum Gasteiger partial charge on any atom is -0.394 e. The zero-order chi connectivity index (χ0) is 14.2. The molecule has 0 aliphatic heterocycles. The number of fused-ring (bicyclic) bond motifs is 1. The summed E-state index contributed by atoms with van der Waals surface area (Å²) in [4.78, 5) is 18.2. The maximum absolute atomic E-state index is 12.4. The fraction of sp³-hybridized carbons (Fsp3) is 0.429. The quantitative estimate of drug-likeness (QED) is 0.910. The number of aryl methyl sites for hydroxylation is 1. The number of carbonyl (C=O) groups is 1. The standard InChI is InChI=1S/C14H19N3O2/c1-10-6-5-7-12-15-11(8-17(10)12)13(19)16(4)14(2,3)9-18/h5-8,18H,9H2,1-4H3. The van der Waals surface area contributed by atoms with Crippen LogP contribution in [0, 0.1) is 6.92 Å². The van der Waals surface area contributed by atoms with Gasteiger partial charge in [0, 0.05) is 18.9 Å². The molecule has 0 radical (unpaired) electrons. The van der Waals surface area contributed by atoms with Crippen molar-refractivity contribution in [2.24, 2.45) is 0 Å². The molecular weight excluding hydrogens is 242 g/mol. The first-order valence-corrected chi connectivity index (χ1v) is 6.20. The molecule has 2 aromatic heterocycles. The summed E-state index contributed by atoms with van der Waals surface area (Å²) in [6.45, 7) is 5.49. The number of hydrogen-bond donors (Lipinski definition) is 1. The number of imidazole rings is 1. The summed E-state index contributed by atoms with van der Waals surface area (Å²) in [5, 5.41) is 9.32. The van der Waals surface area contributed by atoms with Gasteiger partial charge in [-0.05, 0) is 32.9 Å². The van der Waals surface area contributed by atoms with Gasteiger partial charge >= 0.3 is 0 Å². The maximum Gasteiger partial charge on any atom is 0.274 e. The Morgan fingerprint density at radius 3 is 2.74 bits per heavy atom. The third-order valence-corrected chi connectivity index (χ3v) is 3.51. The smallest absolute Gasteiger partial charge is 0.274 e. The van der Waals surface area contributed by atoms with Crippen LogP contribution in [0.2, 0.25) is 0 Å². The van der Waals surface area contributed by atoms with Crippen molar-refractivity contribution in [1.82, 2.24) is 14.3 Å². The van der Waals surface area contributed by atoms with E-state index in [-0.39, 0.29) is 12.5 Å². The van der Waals surface area contributed by atoms with E-state index in [4.69, 9.17) is 0 Å². The third kappa shape index (κ3) is 2.33. The summed E-state index contributed by atoms with van der Waals surface area (Å²) in [5.74, 6) is -0.192. The Morgan fingerprint density at radius 1 is 1.47 bits per heavy atom. The lowest BCUT2D eigenvalue weighted by molar-refractivity contribution is 0.0468. The molecule has 0 fully saturated rings. The minimum absolute atomic E-state index is 0.0956. The van der Waals surface area contributed by atoms with Crippen molar-refractivity contribution in [2.45, 2.75) is 26.3 Å². The van der Waals surface area contributed by atoms with Crippen LogP contribution in [0.5, 0.6) is 0 Å². The highest BCUT2D eigenvalue weighted by atomic mass is 16.3. The van der Waals surface area contributed by atoms with Crippen molar-refractivity contribution in [3.8, 4) is 0 Å². The SMILES string of the molecule is Cc1cccc2nc(C(=O)N(C)C(C)(C)CO)cn12. The van der Waals surface area contributed by atoms with Crippen molar-refractivity contribution in [3.63, 3.8) is 0 Å². The lowest BCUT2D eigenvalue weighted by Crippen LogP contribution is -2.47. The average Bonchev–Trinajstić information content (AvgIpc) is 2.82. The van der Waals surface area contributed by atoms with Crippen molar-refractivity contribution < 1.29 is 9.90 Å². The fourth-order valence-corrected chi connectivity index (χ4v) is 1.80. The number of nitrogens with zero attached hydrogens (tertiary/aromatic N) is 3. The molecule has 19 heavy (non-hydrogen) atoms. The van der Waals surface area contributed by atoms with Gasteiger partial charge < -0.3 is 14.4 Å². The predicted molar refractivity (Wildman–Crippen MR) is 73.2 cm³/mol. The molecule has 5 heteroatoms. The zero-order valence-electron chi connectivity index (χ0n) is 11.7. The highest BCUT2D eigenvalue weighted by Gasteiger charge is 2.28. The van der Waals surface area contributed by atoms with E-state index in [0.29, 0.717) is 5.69 Å². The van der Waals surface area contributed by atoms with E-state index >= 15 is 0 Å². The van der Waals surface area contributed by atoms with Crippen LogP contribution in [0.15, 0.2) is 24.4 Å². The molecule has 0 unspecified atom stereocenters. The van der Waals surface area contributed by atoms with Crippen LogP contribution in [-0.4, -0.2) is 44.5 Å². The lowest BCUT2D eigenvalue weighted by Gasteiger charge is -2.33. The van der Waals surface area contributed by atoms with Crippen LogP contribution >= 0.6 is 0 Å². The number of aliphatic hydroxyl groups excluding tert-OH is 1. The highest BCUT2D eigenvalue weighted by molar-refractivity contribution is 5.93. The summed E-state index contributed by atoms with van der Waals surface area (Å²) in [6.07, 6.45) is 1.73. The monoisotopic (exact) mass is 261 g/mol. The second kappa shape index (κ2) is 4.66. The molecule has 0 saturated carbocycles. The lowest BCUT2D eigenvalue weighted by atomic mass is 10.1. The highest BCUT2D eigenvalue weighted by Crippen LogP contribution is 2.16. The van der Waals surface area contributed by atoms with Crippen LogP contribution in [0.4, 0.5) is 0 Å². The largest absolute Gasteiger partial charge is 0.394 e. The number of likely N-dealkylation sites (N-methyl/N-ethyl adjacent to an activating group) is 1. The van der Waals surface area contributed by atoms with Crippen LogP contribution < -0.4 is 0 Å². The van der Waals surface area contributed by atoms with Crippen molar-refractivity contribution >= 4 is 11.6 Å². The molecular formula is C14H19N3O2. The number of rotatable bonds is 3. The number of hydrogen-bond acceptors (Lipinski definition) is 3. The van der Waals surface area contributed by atoms with E-state index in [0.717, 1.165) is 11.3 Å². The Balaban J connectivity index is 2.40. The minimum atomic E-state index is -0.609. The van der Waals surface area contributed by atoms with E-state index in [1.165, 1.54) is 4.90 Å². The molecule has 5 nitrogen and oxygen atoms in total. The van der Waals surface area contributed by atoms with E-state index in [9.17, 15) is 9.90 Å². The van der Waals surface area contributed by atoms with Crippen LogP contribution in [0.3, 0.4) is 0 Å². The van der Waals surface area contributed by atoms with Gasteiger partial charge in [0.05, 0.1) is 12.1 Å². The Labute approximate surface area is 112 Å². The topological polar surface area (TPSA) is 57.8 Å². The molecule has 0 aliphatic rings. The second-order valence-corrected chi connectivity index (χ2v) is 5.36. The number of pyridine rings is 1. The van der Waals surface area contributed by atoms with Crippen molar-refractivity contribution in [1.29, 1.82) is 0 Å². The molecule has 0 aliphatic carbocycles. The molecule has 102 valence electrons. The summed E-state index contributed by atoms with van der Waals surface area (Å²) in [6, 6.07) is 5.73. The molecule has 0 bridgehead atoms. The van der Waals surface area contributed by atoms with Crippen molar-refractivity contribution in [2.75, 3.05) is 13.7 Å². The first-order valence-electron chi connectivity index (χ1n) is 6.20. The molecule has 0 spiro atoms. The summed E-state index contributed by atoms with van der Waals surface area (Å²) in [7, 11) is 1.68. The van der Waals surface area contributed by atoms with E-state index < -0.39 is 5.54 Å². The Kier molecular flexibility index (Phi) is 3.32. The van der Waals surface area contributed by atoms with Gasteiger partial charge in [-0.15, -0.1) is 0 Å². The van der Waals surface area contributed by atoms with E-state index in [1.807, 2.05) is 43.4 Å². The predicted octanol–water partition coefficient (Wildman–Crippen LogP) is 1.49. The van der Waals surface area contributed by atoms with Gasteiger partial charge in [-0.2, -0.15) is 0 Å². The average molecular weight is 261 g/mol. The number of amides is 1. The van der Waals surface area contributed by atoms with Gasteiger partial charge in [-0.25, -0.2) is 4.98 Å². The van der Waals surface area contributed by atoms with Gasteiger partial charge in [0.1, 0.15) is 11.3 Å². The Morgan fingerprint density at radius 2 is 2.16 bits per heavy atom. The van der Waals surface area contributed by atoms with Crippen LogP contribution in [-0.2, 0) is 0 Å². The normalized spacial score (nSPS) is 11.8. The van der Waals surface area contributed by atoms with E-state index in [1.54, 1.807) is 13.2 Å². The maximum atomic E-state index is 12.4. The molecule has 1 amide bonds. The molecule has 1 N–H and O–H groups in total. The van der Waals surface area contributed by atoms with Crippen LogP contribution in [0.25, 0.3) is 5.65 Å². The molecule has 0 atom stereocenters. The molecule has 2 heterocycles. The summed E-state index contributed by atoms with van der Waals surface area (Å²) >= 11 is 0. The Hall–Kier alpha value is -1.88. The van der Waals surface area contributed by atoms with Gasteiger partial charge in [-0.1, -0.05) is 6.07 Å².